The van der Waals surface area contributed by atoms with Crippen molar-refractivity contribution in [2.24, 2.45) is 0 Å². The molecule has 0 unspecified atom stereocenters. The first kappa shape index (κ1) is 18.1. The number of aromatic hydroxyl groups is 1. The Morgan fingerprint density at radius 3 is 2.58 bits per heavy atom. The monoisotopic (exact) mass is 385 g/mol. The zero-order valence-electron chi connectivity index (χ0n) is 13.2. The van der Waals surface area contributed by atoms with Crippen LogP contribution in [-0.2, 0) is 12.7 Å². The number of phenols is 1. The third kappa shape index (κ3) is 3.20. The van der Waals surface area contributed by atoms with Crippen LogP contribution in [0.15, 0.2) is 44.5 Å². The van der Waals surface area contributed by atoms with Crippen LogP contribution in [0.5, 0.6) is 5.75 Å². The normalized spacial score (nSPS) is 11.9. The van der Waals surface area contributed by atoms with Crippen molar-refractivity contribution in [3.63, 3.8) is 0 Å². The fraction of sp³-hybridized carbons (Fsp3) is 0.176. The lowest BCUT2D eigenvalue weighted by Gasteiger charge is -2.13. The van der Waals surface area contributed by atoms with E-state index in [1.807, 2.05) is 0 Å². The van der Waals surface area contributed by atoms with E-state index in [1.54, 1.807) is 0 Å². The number of hydrogen-bond acceptors (Lipinski definition) is 4. The van der Waals surface area contributed by atoms with Crippen molar-refractivity contribution in [3.05, 3.63) is 72.9 Å². The molecule has 3 aromatic rings. The lowest BCUT2D eigenvalue weighted by Crippen LogP contribution is -2.24. The van der Waals surface area contributed by atoms with E-state index in [9.17, 15) is 27.9 Å². The van der Waals surface area contributed by atoms with Gasteiger partial charge >= 0.3 is 11.8 Å². The topological polar surface area (TPSA) is 72.4 Å². The number of aryl methyl sites for hydroxylation is 1. The van der Waals surface area contributed by atoms with Crippen molar-refractivity contribution >= 4 is 22.6 Å². The minimum Gasteiger partial charge on any atom is -0.508 e. The lowest BCUT2D eigenvalue weighted by molar-refractivity contribution is -0.138. The molecule has 0 saturated heterocycles. The van der Waals surface area contributed by atoms with E-state index in [-0.39, 0.29) is 23.4 Å². The predicted octanol–water partition coefficient (Wildman–Crippen LogP) is 3.69. The summed E-state index contributed by atoms with van der Waals surface area (Å²) in [5, 5.41) is 9.54. The van der Waals surface area contributed by atoms with Gasteiger partial charge in [-0.1, -0.05) is 11.6 Å². The molecule has 1 aromatic carbocycles. The van der Waals surface area contributed by atoms with Gasteiger partial charge < -0.3 is 14.1 Å². The van der Waals surface area contributed by atoms with Crippen molar-refractivity contribution in [1.82, 2.24) is 4.57 Å². The van der Waals surface area contributed by atoms with Gasteiger partial charge in [0.25, 0.3) is 5.56 Å². The molecule has 3 rings (SSSR count). The Balaban J connectivity index is 2.22. The number of alkyl halides is 3. The molecule has 0 atom stereocenters. The molecule has 0 amide bonds. The number of benzene rings is 1. The molecule has 2 heterocycles. The standard InChI is InChI=1S/C17H11ClF3NO4/c1-8-13(23)3-2-11-9(4-14(24)26-15(8)11)6-22-7-10(17(19,20)21)5-12(18)16(22)25/h2-5,7,23H,6H2,1H3. The number of halogens is 4. The quantitative estimate of drug-likeness (QED) is 0.683. The summed E-state index contributed by atoms with van der Waals surface area (Å²) in [4.78, 5) is 23.9. The lowest BCUT2D eigenvalue weighted by atomic mass is 10.1. The van der Waals surface area contributed by atoms with Gasteiger partial charge in [-0.05, 0) is 30.7 Å². The van der Waals surface area contributed by atoms with Gasteiger partial charge in [-0.15, -0.1) is 0 Å². The fourth-order valence-electron chi connectivity index (χ4n) is 2.60. The van der Waals surface area contributed by atoms with Gasteiger partial charge in [0.05, 0.1) is 12.1 Å². The van der Waals surface area contributed by atoms with Gasteiger partial charge in [0.15, 0.2) is 0 Å². The molecule has 0 saturated carbocycles. The second-order valence-corrected chi connectivity index (χ2v) is 6.09. The van der Waals surface area contributed by atoms with E-state index in [0.29, 0.717) is 23.2 Å². The van der Waals surface area contributed by atoms with Gasteiger partial charge in [0.1, 0.15) is 16.4 Å². The Morgan fingerprint density at radius 2 is 1.92 bits per heavy atom. The van der Waals surface area contributed by atoms with E-state index in [2.05, 4.69) is 0 Å². The molecule has 0 aliphatic heterocycles. The van der Waals surface area contributed by atoms with Crippen molar-refractivity contribution in [2.45, 2.75) is 19.6 Å². The van der Waals surface area contributed by atoms with Crippen LogP contribution in [0.2, 0.25) is 5.02 Å². The number of hydrogen-bond donors (Lipinski definition) is 1. The van der Waals surface area contributed by atoms with Crippen molar-refractivity contribution in [3.8, 4) is 5.75 Å². The third-order valence-corrected chi connectivity index (χ3v) is 4.20. The number of nitrogens with zero attached hydrogens (tertiary/aromatic N) is 1. The minimum atomic E-state index is -4.68. The molecule has 1 N–H and O–H groups in total. The summed E-state index contributed by atoms with van der Waals surface area (Å²) in [6.45, 7) is 1.20. The van der Waals surface area contributed by atoms with Crippen molar-refractivity contribution in [1.29, 1.82) is 0 Å². The van der Waals surface area contributed by atoms with Crippen LogP contribution in [0.4, 0.5) is 13.2 Å². The van der Waals surface area contributed by atoms with E-state index >= 15 is 0 Å². The molecular formula is C17H11ClF3NO4. The van der Waals surface area contributed by atoms with E-state index < -0.39 is 27.9 Å². The van der Waals surface area contributed by atoms with Gasteiger partial charge in [-0.2, -0.15) is 13.2 Å². The highest BCUT2D eigenvalue weighted by Crippen LogP contribution is 2.31. The van der Waals surface area contributed by atoms with Crippen LogP contribution in [0.3, 0.4) is 0 Å². The van der Waals surface area contributed by atoms with Crippen LogP contribution < -0.4 is 11.2 Å². The van der Waals surface area contributed by atoms with E-state index in [1.165, 1.54) is 19.1 Å². The maximum absolute atomic E-state index is 13.0. The Labute approximate surface area is 148 Å². The van der Waals surface area contributed by atoms with Gasteiger partial charge in [0, 0.05) is 23.2 Å². The van der Waals surface area contributed by atoms with Crippen LogP contribution >= 0.6 is 11.6 Å². The number of aromatic nitrogens is 1. The summed E-state index contributed by atoms with van der Waals surface area (Å²) in [6, 6.07) is 4.46. The van der Waals surface area contributed by atoms with Crippen LogP contribution in [-0.4, -0.2) is 9.67 Å². The predicted molar refractivity (Wildman–Crippen MR) is 88.7 cm³/mol. The highest BCUT2D eigenvalue weighted by atomic mass is 35.5. The molecule has 0 spiro atoms. The molecule has 0 aliphatic carbocycles. The molecular weight excluding hydrogens is 375 g/mol. The maximum atomic E-state index is 13.0. The molecule has 26 heavy (non-hydrogen) atoms. The molecule has 136 valence electrons. The first-order valence-corrected chi connectivity index (χ1v) is 7.68. The SMILES string of the molecule is Cc1c(O)ccc2c(Cn3cc(C(F)(F)F)cc(Cl)c3=O)cc(=O)oc12. The summed E-state index contributed by atoms with van der Waals surface area (Å²) in [6.07, 6.45) is -4.04. The summed E-state index contributed by atoms with van der Waals surface area (Å²) >= 11 is 5.64. The molecule has 0 radical (unpaired) electrons. The average molecular weight is 386 g/mol. The van der Waals surface area contributed by atoms with Crippen molar-refractivity contribution < 1.29 is 22.7 Å². The smallest absolute Gasteiger partial charge is 0.417 e. The highest BCUT2D eigenvalue weighted by molar-refractivity contribution is 6.30. The van der Waals surface area contributed by atoms with Crippen LogP contribution in [0.25, 0.3) is 11.0 Å². The summed E-state index contributed by atoms with van der Waals surface area (Å²) < 4.78 is 44.8. The number of rotatable bonds is 2. The Bertz CT molecular complexity index is 1130. The Kier molecular flexibility index (Phi) is 4.31. The zero-order chi connectivity index (χ0) is 19.2. The van der Waals surface area contributed by atoms with Gasteiger partial charge in [-0.3, -0.25) is 4.79 Å². The van der Waals surface area contributed by atoms with Crippen LogP contribution in [0, 0.1) is 6.92 Å². The fourth-order valence-corrected chi connectivity index (χ4v) is 2.83. The number of phenolic OH excluding ortho intramolecular Hbond substituents is 1. The maximum Gasteiger partial charge on any atom is 0.417 e. The van der Waals surface area contributed by atoms with E-state index in [4.69, 9.17) is 16.0 Å². The van der Waals surface area contributed by atoms with Crippen LogP contribution in [0.1, 0.15) is 16.7 Å². The molecule has 5 nitrogen and oxygen atoms in total. The summed E-state index contributed by atoms with van der Waals surface area (Å²) in [7, 11) is 0. The molecule has 9 heteroatoms. The molecule has 0 bridgehead atoms. The summed E-state index contributed by atoms with van der Waals surface area (Å²) in [5.74, 6) is -0.0999. The first-order chi connectivity index (χ1) is 12.1. The van der Waals surface area contributed by atoms with Gasteiger partial charge in [0.2, 0.25) is 0 Å². The highest BCUT2D eigenvalue weighted by Gasteiger charge is 2.32. The third-order valence-electron chi connectivity index (χ3n) is 3.93. The number of fused-ring (bicyclic) bond motifs is 1. The molecule has 0 aliphatic rings. The average Bonchev–Trinajstić information content (AvgIpc) is 2.54. The Morgan fingerprint density at radius 1 is 1.23 bits per heavy atom. The first-order valence-electron chi connectivity index (χ1n) is 7.30. The van der Waals surface area contributed by atoms with E-state index in [0.717, 1.165) is 10.6 Å². The minimum absolute atomic E-state index is 0.0959. The summed E-state index contributed by atoms with van der Waals surface area (Å²) in [5.41, 5.74) is -2.00. The number of pyridine rings is 1. The molecule has 2 aromatic heterocycles. The van der Waals surface area contributed by atoms with Crippen molar-refractivity contribution in [2.75, 3.05) is 0 Å². The second-order valence-electron chi connectivity index (χ2n) is 5.68. The largest absolute Gasteiger partial charge is 0.508 e. The molecule has 0 fully saturated rings. The van der Waals surface area contributed by atoms with Gasteiger partial charge in [-0.25, -0.2) is 4.79 Å². The second kappa shape index (κ2) is 6.21. The Hall–Kier alpha value is -2.74. The zero-order valence-corrected chi connectivity index (χ0v) is 14.0.